The molecule has 2 aromatic rings. The number of aromatic nitrogens is 2. The molecule has 7 heteroatoms. The molecule has 1 atom stereocenters. The SMILES string of the molecule is CCC12COC(=O)N1CCN(C(=O)c1cnn(Cc3ccccc3)c1)C2. The largest absolute Gasteiger partial charge is 0.447 e. The standard InChI is InChI=1S/C19H22N4O3/c1-2-19-13-21(8-9-23(19)18(25)26-14-19)17(24)16-10-20-22(12-16)11-15-6-4-3-5-7-15/h3-7,10,12H,2,8-9,11,13-14H2,1H3. The van der Waals surface area contributed by atoms with E-state index in [0.29, 0.717) is 38.3 Å². The Morgan fingerprint density at radius 1 is 1.27 bits per heavy atom. The number of ether oxygens (including phenoxy) is 1. The van der Waals surface area contributed by atoms with Gasteiger partial charge >= 0.3 is 6.09 Å². The van der Waals surface area contributed by atoms with Crippen molar-refractivity contribution in [1.82, 2.24) is 19.6 Å². The fourth-order valence-corrected chi connectivity index (χ4v) is 3.75. The maximum Gasteiger partial charge on any atom is 0.410 e. The van der Waals surface area contributed by atoms with Crippen LogP contribution in [0.1, 0.15) is 29.3 Å². The number of hydrogen-bond acceptors (Lipinski definition) is 4. The van der Waals surface area contributed by atoms with Crippen molar-refractivity contribution < 1.29 is 14.3 Å². The van der Waals surface area contributed by atoms with Crippen molar-refractivity contribution in [2.75, 3.05) is 26.2 Å². The molecule has 2 aliphatic rings. The van der Waals surface area contributed by atoms with Gasteiger partial charge in [0, 0.05) is 25.8 Å². The van der Waals surface area contributed by atoms with Crippen molar-refractivity contribution in [2.24, 2.45) is 0 Å². The number of cyclic esters (lactones) is 1. The number of benzene rings is 1. The van der Waals surface area contributed by atoms with E-state index in [2.05, 4.69) is 5.10 Å². The number of rotatable bonds is 4. The smallest absolute Gasteiger partial charge is 0.410 e. The molecule has 0 aliphatic carbocycles. The number of fused-ring (bicyclic) bond motifs is 1. The van der Waals surface area contributed by atoms with E-state index in [1.807, 2.05) is 42.2 Å². The highest BCUT2D eigenvalue weighted by molar-refractivity contribution is 5.94. The first-order valence-corrected chi connectivity index (χ1v) is 8.91. The molecule has 2 fully saturated rings. The van der Waals surface area contributed by atoms with Crippen LogP contribution in [0.2, 0.25) is 0 Å². The van der Waals surface area contributed by atoms with Crippen LogP contribution in [-0.4, -0.2) is 63.4 Å². The lowest BCUT2D eigenvalue weighted by molar-refractivity contribution is 0.0361. The van der Waals surface area contributed by atoms with Gasteiger partial charge in [-0.2, -0.15) is 5.10 Å². The second-order valence-corrected chi connectivity index (χ2v) is 6.92. The van der Waals surface area contributed by atoms with E-state index < -0.39 is 5.54 Å². The highest BCUT2D eigenvalue weighted by atomic mass is 16.6. The molecule has 0 saturated carbocycles. The molecular weight excluding hydrogens is 332 g/mol. The monoisotopic (exact) mass is 354 g/mol. The summed E-state index contributed by atoms with van der Waals surface area (Å²) < 4.78 is 7.01. The zero-order valence-corrected chi connectivity index (χ0v) is 14.8. The van der Waals surface area contributed by atoms with Gasteiger partial charge in [-0.25, -0.2) is 4.79 Å². The van der Waals surface area contributed by atoms with Gasteiger partial charge < -0.3 is 9.64 Å². The van der Waals surface area contributed by atoms with E-state index in [1.165, 1.54) is 0 Å². The molecular formula is C19H22N4O3. The van der Waals surface area contributed by atoms with Crippen LogP contribution in [0.4, 0.5) is 4.79 Å². The van der Waals surface area contributed by atoms with E-state index in [0.717, 1.165) is 12.0 Å². The third-order valence-electron chi connectivity index (χ3n) is 5.35. The van der Waals surface area contributed by atoms with Gasteiger partial charge in [0.1, 0.15) is 6.61 Å². The Labute approximate surface area is 152 Å². The average Bonchev–Trinajstić information content (AvgIpc) is 3.27. The number of nitrogens with zero attached hydrogens (tertiary/aromatic N) is 4. The maximum atomic E-state index is 12.9. The molecule has 0 N–H and O–H groups in total. The minimum Gasteiger partial charge on any atom is -0.447 e. The molecule has 1 aromatic carbocycles. The number of piperazine rings is 1. The van der Waals surface area contributed by atoms with Gasteiger partial charge in [-0.3, -0.25) is 14.4 Å². The van der Waals surface area contributed by atoms with Crippen LogP contribution >= 0.6 is 0 Å². The Bertz CT molecular complexity index is 819. The molecule has 1 unspecified atom stereocenters. The molecule has 0 spiro atoms. The van der Waals surface area contributed by atoms with Gasteiger partial charge in [0.2, 0.25) is 0 Å². The highest BCUT2D eigenvalue weighted by Crippen LogP contribution is 2.32. The van der Waals surface area contributed by atoms with Gasteiger partial charge in [-0.1, -0.05) is 37.3 Å². The Morgan fingerprint density at radius 2 is 2.08 bits per heavy atom. The van der Waals surface area contributed by atoms with Crippen molar-refractivity contribution >= 4 is 12.0 Å². The van der Waals surface area contributed by atoms with E-state index >= 15 is 0 Å². The second-order valence-electron chi connectivity index (χ2n) is 6.92. The van der Waals surface area contributed by atoms with E-state index in [-0.39, 0.29) is 12.0 Å². The molecule has 2 aliphatic heterocycles. The van der Waals surface area contributed by atoms with Crippen LogP contribution < -0.4 is 0 Å². The fourth-order valence-electron chi connectivity index (χ4n) is 3.75. The Kier molecular flexibility index (Phi) is 4.14. The van der Waals surface area contributed by atoms with E-state index in [1.54, 1.807) is 22.0 Å². The summed E-state index contributed by atoms with van der Waals surface area (Å²) >= 11 is 0. The molecule has 1 aromatic heterocycles. The summed E-state index contributed by atoms with van der Waals surface area (Å²) in [4.78, 5) is 28.4. The van der Waals surface area contributed by atoms with Crippen molar-refractivity contribution in [3.63, 3.8) is 0 Å². The topological polar surface area (TPSA) is 67.7 Å². The number of carbonyl (C=O) groups excluding carboxylic acids is 2. The number of hydrogen-bond donors (Lipinski definition) is 0. The van der Waals surface area contributed by atoms with Crippen LogP contribution in [-0.2, 0) is 11.3 Å². The second kappa shape index (κ2) is 6.48. The van der Waals surface area contributed by atoms with Crippen LogP contribution in [0.3, 0.4) is 0 Å². The van der Waals surface area contributed by atoms with E-state index in [9.17, 15) is 9.59 Å². The van der Waals surface area contributed by atoms with Crippen molar-refractivity contribution in [3.05, 3.63) is 53.9 Å². The lowest BCUT2D eigenvalue weighted by Gasteiger charge is -2.44. The summed E-state index contributed by atoms with van der Waals surface area (Å²) in [6.45, 7) is 4.53. The Morgan fingerprint density at radius 3 is 2.85 bits per heavy atom. The number of amides is 2. The minimum atomic E-state index is -0.398. The fraction of sp³-hybridized carbons (Fsp3) is 0.421. The van der Waals surface area contributed by atoms with E-state index in [4.69, 9.17) is 4.74 Å². The predicted molar refractivity (Wildman–Crippen MR) is 94.8 cm³/mol. The summed E-state index contributed by atoms with van der Waals surface area (Å²) in [6.07, 6.45) is 3.90. The summed E-state index contributed by atoms with van der Waals surface area (Å²) in [5.74, 6) is -0.0452. The van der Waals surface area contributed by atoms with Crippen molar-refractivity contribution in [3.8, 4) is 0 Å². The third kappa shape index (κ3) is 2.83. The first kappa shape index (κ1) is 16.6. The lowest BCUT2D eigenvalue weighted by atomic mass is 9.92. The Balaban J connectivity index is 1.47. The molecule has 0 bridgehead atoms. The molecule has 2 saturated heterocycles. The zero-order chi connectivity index (χ0) is 18.1. The quantitative estimate of drug-likeness (QED) is 0.842. The molecule has 2 amide bonds. The van der Waals surface area contributed by atoms with Crippen molar-refractivity contribution in [1.29, 1.82) is 0 Å². The van der Waals surface area contributed by atoms with Gasteiger partial charge in [-0.05, 0) is 12.0 Å². The summed E-state index contributed by atoms with van der Waals surface area (Å²) in [6, 6.07) is 10.0. The molecule has 0 radical (unpaired) electrons. The van der Waals surface area contributed by atoms with Crippen LogP contribution in [0.25, 0.3) is 0 Å². The summed E-state index contributed by atoms with van der Waals surface area (Å²) in [5.41, 5.74) is 1.31. The molecule has 136 valence electrons. The average molecular weight is 354 g/mol. The molecule has 7 nitrogen and oxygen atoms in total. The predicted octanol–water partition coefficient (Wildman–Crippen LogP) is 1.99. The number of carbonyl (C=O) groups is 2. The third-order valence-corrected chi connectivity index (χ3v) is 5.35. The normalized spacial score (nSPS) is 22.3. The molecule has 26 heavy (non-hydrogen) atoms. The van der Waals surface area contributed by atoms with Crippen molar-refractivity contribution in [2.45, 2.75) is 25.4 Å². The van der Waals surface area contributed by atoms with Gasteiger partial charge in [-0.15, -0.1) is 0 Å². The van der Waals surface area contributed by atoms with Gasteiger partial charge in [0.25, 0.3) is 5.91 Å². The summed E-state index contributed by atoms with van der Waals surface area (Å²) in [7, 11) is 0. The highest BCUT2D eigenvalue weighted by Gasteiger charge is 2.50. The minimum absolute atomic E-state index is 0.0452. The van der Waals surface area contributed by atoms with Gasteiger partial charge in [0.15, 0.2) is 0 Å². The van der Waals surface area contributed by atoms with Crippen LogP contribution in [0.5, 0.6) is 0 Å². The first-order chi connectivity index (χ1) is 12.6. The van der Waals surface area contributed by atoms with Crippen LogP contribution in [0.15, 0.2) is 42.7 Å². The van der Waals surface area contributed by atoms with Crippen LogP contribution in [0, 0.1) is 0 Å². The lowest BCUT2D eigenvalue weighted by Crippen LogP contribution is -2.62. The molecule has 4 rings (SSSR count). The van der Waals surface area contributed by atoms with Gasteiger partial charge in [0.05, 0.1) is 23.8 Å². The first-order valence-electron chi connectivity index (χ1n) is 8.91. The summed E-state index contributed by atoms with van der Waals surface area (Å²) in [5, 5.41) is 4.32. The maximum absolute atomic E-state index is 12.9. The Hall–Kier alpha value is -2.83. The zero-order valence-electron chi connectivity index (χ0n) is 14.8. The molecule has 3 heterocycles.